The van der Waals surface area contributed by atoms with Gasteiger partial charge in [0.05, 0.1) is 10.6 Å². The highest BCUT2D eigenvalue weighted by atomic mass is 35.5. The summed E-state index contributed by atoms with van der Waals surface area (Å²) in [5.74, 6) is 0.634. The lowest BCUT2D eigenvalue weighted by Gasteiger charge is -2.19. The molecule has 0 spiro atoms. The molecule has 0 aromatic carbocycles. The summed E-state index contributed by atoms with van der Waals surface area (Å²) in [5.41, 5.74) is 5.02. The third kappa shape index (κ3) is 2.54. The maximum Gasteiger partial charge on any atom is 0.417 e. The second-order valence-electron chi connectivity index (χ2n) is 4.57. The van der Waals surface area contributed by atoms with E-state index in [2.05, 4.69) is 4.98 Å². The fourth-order valence-electron chi connectivity index (χ4n) is 1.98. The first-order valence-corrected chi connectivity index (χ1v) is 5.90. The molecule has 100 valence electrons. The minimum atomic E-state index is -4.43. The topological polar surface area (TPSA) is 42.2 Å². The summed E-state index contributed by atoms with van der Waals surface area (Å²) in [4.78, 5) is 5.63. The number of alkyl halides is 3. The molecule has 2 unspecified atom stereocenters. The van der Waals surface area contributed by atoms with Crippen LogP contribution in [0, 0.1) is 5.92 Å². The van der Waals surface area contributed by atoms with Crippen molar-refractivity contribution in [2.45, 2.75) is 19.1 Å². The standard InChI is InChI=1S/C11H13ClF3N3/c1-6-4-18(5-9(6)16)10-8(12)2-7(3-17-10)11(13,14)15/h2-3,6,9H,4-5,16H2,1H3. The van der Waals surface area contributed by atoms with Gasteiger partial charge in [0.15, 0.2) is 0 Å². The molecule has 0 amide bonds. The Morgan fingerprint density at radius 1 is 1.44 bits per heavy atom. The van der Waals surface area contributed by atoms with Crippen molar-refractivity contribution in [1.29, 1.82) is 0 Å². The SMILES string of the molecule is CC1CN(c2ncc(C(F)(F)F)cc2Cl)CC1N. The lowest BCUT2D eigenvalue weighted by Crippen LogP contribution is -2.28. The molecular weight excluding hydrogens is 267 g/mol. The lowest BCUT2D eigenvalue weighted by atomic mass is 10.1. The normalized spacial score (nSPS) is 24.7. The van der Waals surface area contributed by atoms with Gasteiger partial charge in [-0.05, 0) is 12.0 Å². The average molecular weight is 280 g/mol. The van der Waals surface area contributed by atoms with E-state index in [1.165, 1.54) is 0 Å². The smallest absolute Gasteiger partial charge is 0.353 e. The van der Waals surface area contributed by atoms with E-state index in [9.17, 15) is 13.2 Å². The van der Waals surface area contributed by atoms with Gasteiger partial charge in [-0.25, -0.2) is 4.98 Å². The summed E-state index contributed by atoms with van der Waals surface area (Å²) in [6.07, 6.45) is -3.63. The first-order valence-electron chi connectivity index (χ1n) is 5.52. The second-order valence-corrected chi connectivity index (χ2v) is 4.98. The van der Waals surface area contributed by atoms with Crippen LogP contribution >= 0.6 is 11.6 Å². The molecule has 0 saturated carbocycles. The molecule has 2 heterocycles. The molecule has 3 nitrogen and oxygen atoms in total. The van der Waals surface area contributed by atoms with Crippen molar-refractivity contribution >= 4 is 17.4 Å². The number of nitrogens with zero attached hydrogens (tertiary/aromatic N) is 2. The summed E-state index contributed by atoms with van der Waals surface area (Å²) in [6, 6.07) is 0.892. The van der Waals surface area contributed by atoms with Gasteiger partial charge in [-0.3, -0.25) is 0 Å². The molecule has 2 N–H and O–H groups in total. The Hall–Kier alpha value is -1.01. The number of hydrogen-bond donors (Lipinski definition) is 1. The second kappa shape index (κ2) is 4.59. The van der Waals surface area contributed by atoms with Crippen molar-refractivity contribution in [2.75, 3.05) is 18.0 Å². The zero-order valence-electron chi connectivity index (χ0n) is 9.71. The van der Waals surface area contributed by atoms with Crippen molar-refractivity contribution in [1.82, 2.24) is 4.98 Å². The third-order valence-electron chi connectivity index (χ3n) is 3.12. The zero-order chi connectivity index (χ0) is 13.5. The molecule has 18 heavy (non-hydrogen) atoms. The van der Waals surface area contributed by atoms with Gasteiger partial charge in [0, 0.05) is 25.3 Å². The minimum Gasteiger partial charge on any atom is -0.353 e. The molecule has 2 rings (SSSR count). The Labute approximate surface area is 108 Å². The molecule has 2 atom stereocenters. The predicted molar refractivity (Wildman–Crippen MR) is 63.6 cm³/mol. The van der Waals surface area contributed by atoms with Crippen molar-refractivity contribution in [3.63, 3.8) is 0 Å². The van der Waals surface area contributed by atoms with E-state index in [4.69, 9.17) is 17.3 Å². The quantitative estimate of drug-likeness (QED) is 0.859. The molecule has 1 aliphatic heterocycles. The fourth-order valence-corrected chi connectivity index (χ4v) is 2.27. The molecule has 0 aliphatic carbocycles. The van der Waals surface area contributed by atoms with Crippen LogP contribution in [0.3, 0.4) is 0 Å². The van der Waals surface area contributed by atoms with Gasteiger partial charge in [0.1, 0.15) is 5.82 Å². The van der Waals surface area contributed by atoms with Crippen LogP contribution in [-0.2, 0) is 6.18 Å². The van der Waals surface area contributed by atoms with Crippen molar-refractivity contribution in [2.24, 2.45) is 11.7 Å². The van der Waals surface area contributed by atoms with E-state index in [1.807, 2.05) is 11.8 Å². The van der Waals surface area contributed by atoms with E-state index in [1.54, 1.807) is 0 Å². The monoisotopic (exact) mass is 279 g/mol. The Morgan fingerprint density at radius 3 is 2.56 bits per heavy atom. The van der Waals surface area contributed by atoms with E-state index in [0.29, 0.717) is 18.9 Å². The van der Waals surface area contributed by atoms with Crippen molar-refractivity contribution in [3.8, 4) is 0 Å². The number of halogens is 4. The van der Waals surface area contributed by atoms with Gasteiger partial charge in [-0.15, -0.1) is 0 Å². The van der Waals surface area contributed by atoms with Crippen LogP contribution in [0.25, 0.3) is 0 Å². The van der Waals surface area contributed by atoms with Gasteiger partial charge >= 0.3 is 6.18 Å². The van der Waals surface area contributed by atoms with Crippen molar-refractivity contribution in [3.05, 3.63) is 22.8 Å². The van der Waals surface area contributed by atoms with Crippen molar-refractivity contribution < 1.29 is 13.2 Å². The first-order chi connectivity index (χ1) is 8.29. The number of rotatable bonds is 1. The van der Waals surface area contributed by atoms with Crippen LogP contribution < -0.4 is 10.6 Å². The van der Waals surface area contributed by atoms with E-state index >= 15 is 0 Å². The van der Waals surface area contributed by atoms with Gasteiger partial charge < -0.3 is 10.6 Å². The van der Waals surface area contributed by atoms with Crippen LogP contribution in [0.4, 0.5) is 19.0 Å². The molecular formula is C11H13ClF3N3. The first kappa shape index (κ1) is 13.4. The Bertz CT molecular complexity index is 440. The molecule has 0 bridgehead atoms. The number of hydrogen-bond acceptors (Lipinski definition) is 3. The third-order valence-corrected chi connectivity index (χ3v) is 3.40. The molecule has 1 fully saturated rings. The number of nitrogens with two attached hydrogens (primary N) is 1. The highest BCUT2D eigenvalue weighted by molar-refractivity contribution is 6.33. The van der Waals surface area contributed by atoms with Crippen LogP contribution in [0.5, 0.6) is 0 Å². The van der Waals surface area contributed by atoms with Crippen LogP contribution in [0.1, 0.15) is 12.5 Å². The van der Waals surface area contributed by atoms with Crippen LogP contribution in [0.15, 0.2) is 12.3 Å². The minimum absolute atomic E-state index is 0.00567. The lowest BCUT2D eigenvalue weighted by molar-refractivity contribution is -0.137. The fraction of sp³-hybridized carbons (Fsp3) is 0.545. The van der Waals surface area contributed by atoms with Gasteiger partial charge in [-0.2, -0.15) is 13.2 Å². The van der Waals surface area contributed by atoms with E-state index < -0.39 is 11.7 Å². The Balaban J connectivity index is 2.26. The molecule has 1 aliphatic rings. The van der Waals surface area contributed by atoms with Gasteiger partial charge in [0.2, 0.25) is 0 Å². The summed E-state index contributed by atoms with van der Waals surface area (Å²) < 4.78 is 37.4. The van der Waals surface area contributed by atoms with E-state index in [0.717, 1.165) is 12.3 Å². The highest BCUT2D eigenvalue weighted by Gasteiger charge is 2.33. The maximum absolute atomic E-state index is 12.5. The van der Waals surface area contributed by atoms with Crippen LogP contribution in [0.2, 0.25) is 5.02 Å². The largest absolute Gasteiger partial charge is 0.417 e. The molecule has 1 aromatic heterocycles. The molecule has 7 heteroatoms. The molecule has 0 radical (unpaired) electrons. The summed E-state index contributed by atoms with van der Waals surface area (Å²) in [6.45, 7) is 3.20. The Morgan fingerprint density at radius 2 is 2.11 bits per heavy atom. The summed E-state index contributed by atoms with van der Waals surface area (Å²) in [7, 11) is 0. The number of anilines is 1. The van der Waals surface area contributed by atoms with Crippen LogP contribution in [-0.4, -0.2) is 24.1 Å². The molecule has 1 saturated heterocycles. The molecule has 1 aromatic rings. The van der Waals surface area contributed by atoms with Gasteiger partial charge in [0.25, 0.3) is 0 Å². The predicted octanol–water partition coefficient (Wildman–Crippen LogP) is 2.54. The number of aromatic nitrogens is 1. The summed E-state index contributed by atoms with van der Waals surface area (Å²) in [5, 5.41) is 0.00567. The number of pyridine rings is 1. The maximum atomic E-state index is 12.5. The van der Waals surface area contributed by atoms with Gasteiger partial charge in [-0.1, -0.05) is 18.5 Å². The average Bonchev–Trinajstić information content (AvgIpc) is 2.57. The highest BCUT2D eigenvalue weighted by Crippen LogP contribution is 2.34. The zero-order valence-corrected chi connectivity index (χ0v) is 10.5. The summed E-state index contributed by atoms with van der Waals surface area (Å²) >= 11 is 5.87. The Kier molecular flexibility index (Phi) is 3.42. The van der Waals surface area contributed by atoms with E-state index in [-0.39, 0.29) is 17.0 Å².